The summed E-state index contributed by atoms with van der Waals surface area (Å²) in [5, 5.41) is 0. The lowest BCUT2D eigenvalue weighted by molar-refractivity contribution is -0.140. The maximum absolute atomic E-state index is 12.5. The smallest absolute Gasteiger partial charge is 0.237 e. The Kier molecular flexibility index (Phi) is 6.28. The Hall–Kier alpha value is -1.10. The zero-order valence-electron chi connectivity index (χ0n) is 12.1. The third-order valence-electron chi connectivity index (χ3n) is 3.71. The molecule has 5 heteroatoms. The number of primary amides is 1. The molecule has 0 saturated heterocycles. The lowest BCUT2D eigenvalue weighted by Crippen LogP contribution is -2.44. The Morgan fingerprint density at radius 2 is 2.00 bits per heavy atom. The van der Waals surface area contributed by atoms with Crippen LogP contribution in [0.1, 0.15) is 39.5 Å². The lowest BCUT2D eigenvalue weighted by atomic mass is 9.80. The molecule has 4 N–H and O–H groups in total. The van der Waals surface area contributed by atoms with Gasteiger partial charge in [-0.1, -0.05) is 20.3 Å². The molecule has 2 amide bonds. The van der Waals surface area contributed by atoms with E-state index in [1.807, 2.05) is 13.8 Å². The van der Waals surface area contributed by atoms with E-state index in [9.17, 15) is 9.59 Å². The monoisotopic (exact) mass is 269 g/mol. The Morgan fingerprint density at radius 3 is 2.53 bits per heavy atom. The Morgan fingerprint density at radius 1 is 1.32 bits per heavy atom. The van der Waals surface area contributed by atoms with E-state index in [1.165, 1.54) is 0 Å². The van der Waals surface area contributed by atoms with E-state index in [2.05, 4.69) is 0 Å². The van der Waals surface area contributed by atoms with Crippen molar-refractivity contribution in [3.8, 4) is 0 Å². The minimum atomic E-state index is -0.444. The van der Waals surface area contributed by atoms with Crippen molar-refractivity contribution in [2.45, 2.75) is 39.5 Å². The van der Waals surface area contributed by atoms with Gasteiger partial charge in [0.15, 0.2) is 0 Å². The quantitative estimate of drug-likeness (QED) is 0.744. The summed E-state index contributed by atoms with van der Waals surface area (Å²) in [6.45, 7) is 5.33. The van der Waals surface area contributed by atoms with Crippen LogP contribution in [-0.2, 0) is 9.59 Å². The van der Waals surface area contributed by atoms with Gasteiger partial charge in [0, 0.05) is 12.5 Å². The predicted molar refractivity (Wildman–Crippen MR) is 75.1 cm³/mol. The molecule has 0 spiro atoms. The molecular formula is C14H27N3O2. The number of carbonyl (C=O) groups is 2. The van der Waals surface area contributed by atoms with E-state index in [-0.39, 0.29) is 18.4 Å². The van der Waals surface area contributed by atoms with Gasteiger partial charge in [-0.15, -0.1) is 0 Å². The van der Waals surface area contributed by atoms with Gasteiger partial charge >= 0.3 is 0 Å². The second-order valence-electron chi connectivity index (χ2n) is 6.04. The first-order valence-electron chi connectivity index (χ1n) is 7.21. The summed E-state index contributed by atoms with van der Waals surface area (Å²) in [5.41, 5.74) is 10.9. The first kappa shape index (κ1) is 16.0. The number of nitrogens with two attached hydrogens (primary N) is 2. The topological polar surface area (TPSA) is 89.4 Å². The van der Waals surface area contributed by atoms with Gasteiger partial charge in [0.05, 0.1) is 6.54 Å². The Labute approximate surface area is 115 Å². The molecule has 0 heterocycles. The van der Waals surface area contributed by atoms with Crippen LogP contribution in [0.25, 0.3) is 0 Å². The minimum absolute atomic E-state index is 0.0143. The van der Waals surface area contributed by atoms with E-state index < -0.39 is 5.91 Å². The highest BCUT2D eigenvalue weighted by Crippen LogP contribution is 2.29. The molecule has 0 aromatic heterocycles. The fourth-order valence-corrected chi connectivity index (χ4v) is 2.85. The van der Waals surface area contributed by atoms with Crippen LogP contribution in [0.4, 0.5) is 0 Å². The molecule has 110 valence electrons. The molecule has 19 heavy (non-hydrogen) atoms. The van der Waals surface area contributed by atoms with Crippen LogP contribution in [-0.4, -0.2) is 36.3 Å². The summed E-state index contributed by atoms with van der Waals surface area (Å²) in [4.78, 5) is 25.2. The summed E-state index contributed by atoms with van der Waals surface area (Å²) in [5.74, 6) is 0.417. The molecule has 0 aliphatic heterocycles. The largest absolute Gasteiger partial charge is 0.368 e. The van der Waals surface area contributed by atoms with Crippen LogP contribution in [0, 0.1) is 17.8 Å². The van der Waals surface area contributed by atoms with Crippen molar-refractivity contribution in [1.29, 1.82) is 0 Å². The number of nitrogens with zero attached hydrogens (tertiary/aromatic N) is 1. The second kappa shape index (κ2) is 7.48. The van der Waals surface area contributed by atoms with Gasteiger partial charge in [-0.3, -0.25) is 9.59 Å². The second-order valence-corrected chi connectivity index (χ2v) is 6.04. The maximum Gasteiger partial charge on any atom is 0.237 e. The van der Waals surface area contributed by atoms with Crippen molar-refractivity contribution in [3.63, 3.8) is 0 Å². The first-order valence-corrected chi connectivity index (χ1v) is 7.21. The van der Waals surface area contributed by atoms with Crippen LogP contribution in [0.15, 0.2) is 0 Å². The Bertz CT molecular complexity index is 318. The van der Waals surface area contributed by atoms with Gasteiger partial charge in [0.1, 0.15) is 0 Å². The van der Waals surface area contributed by atoms with Gasteiger partial charge in [0.25, 0.3) is 0 Å². The molecule has 1 rings (SSSR count). The summed E-state index contributed by atoms with van der Waals surface area (Å²) in [6.07, 6.45) is 3.91. The molecule has 2 atom stereocenters. The molecule has 0 bridgehead atoms. The van der Waals surface area contributed by atoms with Crippen molar-refractivity contribution in [2.75, 3.05) is 19.6 Å². The third kappa shape index (κ3) is 5.19. The van der Waals surface area contributed by atoms with Crippen molar-refractivity contribution < 1.29 is 9.59 Å². The van der Waals surface area contributed by atoms with E-state index in [1.54, 1.807) is 4.90 Å². The van der Waals surface area contributed by atoms with Gasteiger partial charge in [-0.2, -0.15) is 0 Å². The number of hydrogen-bond acceptors (Lipinski definition) is 3. The predicted octanol–water partition coefficient (Wildman–Crippen LogP) is 0.721. The number of carbonyl (C=O) groups excluding carboxylic acids is 2. The van der Waals surface area contributed by atoms with E-state index >= 15 is 0 Å². The van der Waals surface area contributed by atoms with E-state index in [0.717, 1.165) is 25.7 Å². The number of amides is 2. The zero-order chi connectivity index (χ0) is 14.4. The first-order chi connectivity index (χ1) is 8.93. The average Bonchev–Trinajstić information content (AvgIpc) is 2.36. The van der Waals surface area contributed by atoms with E-state index in [0.29, 0.717) is 24.9 Å². The highest BCUT2D eigenvalue weighted by molar-refractivity contribution is 5.85. The molecule has 5 nitrogen and oxygen atoms in total. The summed E-state index contributed by atoms with van der Waals surface area (Å²) in [6, 6.07) is 0. The fourth-order valence-electron chi connectivity index (χ4n) is 2.85. The summed E-state index contributed by atoms with van der Waals surface area (Å²) in [7, 11) is 0. The van der Waals surface area contributed by atoms with Gasteiger partial charge in [-0.05, 0) is 37.6 Å². The molecule has 0 aromatic carbocycles. The van der Waals surface area contributed by atoms with Crippen LogP contribution < -0.4 is 11.5 Å². The average molecular weight is 269 g/mol. The lowest BCUT2D eigenvalue weighted by Gasteiger charge is -2.32. The SMILES string of the molecule is CC(C)CN(CC(N)=O)C(=O)C1CCCC(CN)C1. The van der Waals surface area contributed by atoms with Crippen molar-refractivity contribution >= 4 is 11.8 Å². The summed E-state index contributed by atoms with van der Waals surface area (Å²) >= 11 is 0. The van der Waals surface area contributed by atoms with Gasteiger partial charge < -0.3 is 16.4 Å². The number of rotatable bonds is 6. The number of hydrogen-bond donors (Lipinski definition) is 2. The molecular weight excluding hydrogens is 242 g/mol. The van der Waals surface area contributed by atoms with Gasteiger partial charge in [0.2, 0.25) is 11.8 Å². The summed E-state index contributed by atoms with van der Waals surface area (Å²) < 4.78 is 0. The van der Waals surface area contributed by atoms with Crippen LogP contribution in [0.5, 0.6) is 0 Å². The van der Waals surface area contributed by atoms with Crippen LogP contribution in [0.2, 0.25) is 0 Å². The molecule has 1 fully saturated rings. The minimum Gasteiger partial charge on any atom is -0.368 e. The van der Waals surface area contributed by atoms with Gasteiger partial charge in [-0.25, -0.2) is 0 Å². The fraction of sp³-hybridized carbons (Fsp3) is 0.857. The van der Waals surface area contributed by atoms with Crippen LogP contribution in [0.3, 0.4) is 0 Å². The highest BCUT2D eigenvalue weighted by atomic mass is 16.2. The molecule has 2 unspecified atom stereocenters. The highest BCUT2D eigenvalue weighted by Gasteiger charge is 2.30. The molecule has 1 aliphatic carbocycles. The van der Waals surface area contributed by atoms with E-state index in [4.69, 9.17) is 11.5 Å². The molecule has 0 radical (unpaired) electrons. The van der Waals surface area contributed by atoms with Crippen molar-refractivity contribution in [3.05, 3.63) is 0 Å². The standard InChI is InChI=1S/C14H27N3O2/c1-10(2)8-17(9-13(16)18)14(19)12-5-3-4-11(6-12)7-15/h10-12H,3-9,15H2,1-2H3,(H2,16,18). The zero-order valence-corrected chi connectivity index (χ0v) is 12.1. The van der Waals surface area contributed by atoms with Crippen molar-refractivity contribution in [1.82, 2.24) is 4.90 Å². The molecule has 1 saturated carbocycles. The van der Waals surface area contributed by atoms with Crippen molar-refractivity contribution in [2.24, 2.45) is 29.2 Å². The molecule has 0 aromatic rings. The maximum atomic E-state index is 12.5. The Balaban J connectivity index is 2.66. The normalized spacial score (nSPS) is 23.4. The molecule has 1 aliphatic rings. The third-order valence-corrected chi connectivity index (χ3v) is 3.71. The van der Waals surface area contributed by atoms with Crippen LogP contribution >= 0.6 is 0 Å².